The van der Waals surface area contributed by atoms with Crippen LogP contribution in [0, 0.1) is 11.8 Å². The van der Waals surface area contributed by atoms with Crippen LogP contribution in [-0.2, 0) is 27.2 Å². The van der Waals surface area contributed by atoms with Gasteiger partial charge in [-0.2, -0.15) is 0 Å². The van der Waals surface area contributed by atoms with Gasteiger partial charge in [0, 0.05) is 55.4 Å². The first-order chi connectivity index (χ1) is 22.6. The molecule has 0 spiro atoms. The lowest BCUT2D eigenvalue weighted by Crippen LogP contribution is -2.42. The second-order valence-corrected chi connectivity index (χ2v) is 11.9. The summed E-state index contributed by atoms with van der Waals surface area (Å²) >= 11 is 1.57. The average Bonchev–Trinajstić information content (AvgIpc) is 3.83. The van der Waals surface area contributed by atoms with E-state index in [1.165, 1.54) is 16.5 Å². The summed E-state index contributed by atoms with van der Waals surface area (Å²) in [4.78, 5) is 32.4. The molecular formula is C34H34N6O5S. The van der Waals surface area contributed by atoms with Crippen molar-refractivity contribution < 1.29 is 24.2 Å². The first kappa shape index (κ1) is 31.0. The fourth-order valence-electron chi connectivity index (χ4n) is 5.53. The lowest BCUT2D eigenvalue weighted by molar-refractivity contribution is -0.122. The summed E-state index contributed by atoms with van der Waals surface area (Å²) in [5, 5.41) is 14.9. The van der Waals surface area contributed by atoms with Gasteiger partial charge < -0.3 is 29.4 Å². The molecule has 2 atom stereocenters. The van der Waals surface area contributed by atoms with Crippen LogP contribution >= 0.6 is 11.3 Å². The van der Waals surface area contributed by atoms with E-state index in [9.17, 15) is 4.79 Å². The zero-order chi connectivity index (χ0) is 31.7. The molecule has 5 aromatic rings. The van der Waals surface area contributed by atoms with Gasteiger partial charge in [-0.1, -0.05) is 42.2 Å². The van der Waals surface area contributed by atoms with Crippen molar-refractivity contribution in [1.29, 1.82) is 0 Å². The lowest BCUT2D eigenvalue weighted by Gasteiger charge is -2.27. The Morgan fingerprint density at radius 2 is 1.98 bits per heavy atom. The largest absolute Gasteiger partial charge is 0.483 e. The Balaban J connectivity index is 0.00000119. The van der Waals surface area contributed by atoms with E-state index in [0.717, 1.165) is 39.6 Å². The van der Waals surface area contributed by atoms with Gasteiger partial charge in [-0.15, -0.1) is 11.3 Å². The smallest absolute Gasteiger partial charge is 0.410 e. The predicted molar refractivity (Wildman–Crippen MR) is 177 cm³/mol. The Morgan fingerprint density at radius 1 is 1.15 bits per heavy atom. The van der Waals surface area contributed by atoms with Crippen molar-refractivity contribution in [1.82, 2.24) is 24.8 Å². The molecule has 0 bridgehead atoms. The van der Waals surface area contributed by atoms with Gasteiger partial charge in [0.25, 0.3) is 6.47 Å². The number of fused-ring (bicyclic) bond motifs is 2. The molecule has 3 N–H and O–H groups in total. The maximum Gasteiger partial charge on any atom is 0.410 e. The van der Waals surface area contributed by atoms with Crippen LogP contribution in [-0.4, -0.2) is 82.1 Å². The van der Waals surface area contributed by atoms with Crippen molar-refractivity contribution in [3.05, 3.63) is 83.6 Å². The number of benzene rings is 2. The summed E-state index contributed by atoms with van der Waals surface area (Å²) in [6, 6.07) is 21.1. The summed E-state index contributed by atoms with van der Waals surface area (Å²) in [6.45, 7) is 3.55. The van der Waals surface area contributed by atoms with Crippen LogP contribution in [0.15, 0.2) is 73.2 Å². The molecule has 2 saturated heterocycles. The zero-order valence-corrected chi connectivity index (χ0v) is 25.9. The Labute approximate surface area is 270 Å². The van der Waals surface area contributed by atoms with E-state index in [4.69, 9.17) is 19.4 Å². The normalized spacial score (nSPS) is 17.5. The molecule has 0 aliphatic carbocycles. The molecule has 1 amide bonds. The number of carbonyl (C=O) groups excluding carboxylic acids is 1. The highest BCUT2D eigenvalue weighted by Gasteiger charge is 2.28. The number of nitrogens with zero attached hydrogens (tertiary/aromatic N) is 4. The van der Waals surface area contributed by atoms with Crippen LogP contribution in [0.1, 0.15) is 16.9 Å². The highest BCUT2D eigenvalue weighted by Crippen LogP contribution is 2.31. The van der Waals surface area contributed by atoms with Gasteiger partial charge in [0.2, 0.25) is 0 Å². The molecule has 0 radical (unpaired) electrons. The van der Waals surface area contributed by atoms with Crippen LogP contribution in [0.3, 0.4) is 0 Å². The Bertz CT molecular complexity index is 1860. The number of amides is 1. The fourth-order valence-corrected chi connectivity index (χ4v) is 6.45. The number of anilines is 2. The van der Waals surface area contributed by atoms with E-state index in [0.29, 0.717) is 39.3 Å². The van der Waals surface area contributed by atoms with Crippen molar-refractivity contribution in [2.24, 2.45) is 0 Å². The Morgan fingerprint density at radius 3 is 2.80 bits per heavy atom. The van der Waals surface area contributed by atoms with Crippen LogP contribution < -0.4 is 10.6 Å². The number of aromatic nitrogens is 3. The van der Waals surface area contributed by atoms with Gasteiger partial charge in [0.1, 0.15) is 12.4 Å². The molecule has 12 heteroatoms. The number of carboxylic acid groups (broad SMARTS) is 1. The highest BCUT2D eigenvalue weighted by molar-refractivity contribution is 7.20. The highest BCUT2D eigenvalue weighted by atomic mass is 32.1. The van der Waals surface area contributed by atoms with Gasteiger partial charge >= 0.3 is 6.09 Å². The summed E-state index contributed by atoms with van der Waals surface area (Å²) in [6.07, 6.45) is 4.94. The van der Waals surface area contributed by atoms with Gasteiger partial charge in [0.15, 0.2) is 5.82 Å². The summed E-state index contributed by atoms with van der Waals surface area (Å²) in [5.41, 5.74) is 4.38. The minimum Gasteiger partial charge on any atom is -0.483 e. The van der Waals surface area contributed by atoms with Gasteiger partial charge in [-0.05, 0) is 42.3 Å². The quantitative estimate of drug-likeness (QED) is 0.176. The van der Waals surface area contributed by atoms with Crippen LogP contribution in [0.5, 0.6) is 0 Å². The molecule has 2 fully saturated rings. The Hall–Kier alpha value is -4.96. The maximum atomic E-state index is 12.4. The molecule has 2 aliphatic heterocycles. The topological polar surface area (TPSA) is 131 Å². The number of carbonyl (C=O) groups is 2. The molecule has 46 heavy (non-hydrogen) atoms. The SMILES string of the molecule is O=C(O[C@H]1CN[C@H](C#Cc2cc3ncnc(Nc4ccc5c(ccn5CCc5ccccc5)c4)c3s2)C1)N1CCOCC1.O=CO. The number of thiophene rings is 1. The van der Waals surface area contributed by atoms with E-state index < -0.39 is 0 Å². The standard InChI is InChI=1S/C33H32N6O3S.CH2O2/c40-33(39-14-16-41-17-15-39)42-27-19-25(34-21-27)6-8-28-20-29-31(43-28)32(36-22-35-29)37-26-7-9-30-24(18-26)11-13-38(30)12-10-23-4-2-1-3-5-23;2-1-3/h1-5,7,9,11,13,18,20,22,25,27,34H,10,12,14-17,19,21H2,(H,35,36,37);1H,(H,2,3)/t25-,27-;/m1./s1. The van der Waals surface area contributed by atoms with E-state index in [1.807, 2.05) is 6.07 Å². The average molecular weight is 639 g/mol. The van der Waals surface area contributed by atoms with E-state index in [-0.39, 0.29) is 24.7 Å². The van der Waals surface area contributed by atoms with Gasteiger partial charge in [0.05, 0.1) is 34.3 Å². The molecule has 236 valence electrons. The minimum absolute atomic E-state index is 0.0388. The van der Waals surface area contributed by atoms with Crippen molar-refractivity contribution in [2.45, 2.75) is 31.5 Å². The van der Waals surface area contributed by atoms with E-state index in [2.05, 4.69) is 97.8 Å². The predicted octanol–water partition coefficient (Wildman–Crippen LogP) is 4.88. The molecule has 11 nitrogen and oxygen atoms in total. The molecule has 2 aromatic carbocycles. The van der Waals surface area contributed by atoms with Crippen LogP contribution in [0.4, 0.5) is 16.3 Å². The number of ether oxygens (including phenoxy) is 2. The third-order valence-corrected chi connectivity index (χ3v) is 8.87. The molecular weight excluding hydrogens is 604 g/mol. The van der Waals surface area contributed by atoms with Gasteiger partial charge in [-0.25, -0.2) is 14.8 Å². The first-order valence-corrected chi connectivity index (χ1v) is 15.9. The molecule has 0 unspecified atom stereocenters. The maximum absolute atomic E-state index is 12.4. The summed E-state index contributed by atoms with van der Waals surface area (Å²) < 4.78 is 14.3. The number of hydrogen-bond donors (Lipinski definition) is 3. The second kappa shape index (κ2) is 14.9. The van der Waals surface area contributed by atoms with Crippen molar-refractivity contribution in [3.8, 4) is 11.8 Å². The molecule has 5 heterocycles. The second-order valence-electron chi connectivity index (χ2n) is 10.9. The Kier molecular flexibility index (Phi) is 10.0. The van der Waals surface area contributed by atoms with Crippen molar-refractivity contribution in [3.63, 3.8) is 0 Å². The summed E-state index contributed by atoms with van der Waals surface area (Å²) in [7, 11) is 0. The molecule has 0 saturated carbocycles. The molecule has 3 aromatic heterocycles. The monoisotopic (exact) mass is 638 g/mol. The lowest BCUT2D eigenvalue weighted by atomic mass is 10.1. The summed E-state index contributed by atoms with van der Waals surface area (Å²) in [5.74, 6) is 7.37. The van der Waals surface area contributed by atoms with Gasteiger partial charge in [-0.3, -0.25) is 10.1 Å². The van der Waals surface area contributed by atoms with Crippen molar-refractivity contribution >= 4 is 56.5 Å². The van der Waals surface area contributed by atoms with Crippen molar-refractivity contribution in [2.75, 3.05) is 38.2 Å². The number of hydrogen-bond acceptors (Lipinski definition) is 9. The number of rotatable bonds is 6. The molecule has 7 rings (SSSR count). The number of aryl methyl sites for hydroxylation is 2. The number of morpholine rings is 1. The number of nitrogens with one attached hydrogen (secondary N) is 2. The fraction of sp³-hybridized carbons (Fsp3) is 0.294. The molecule has 2 aliphatic rings. The van der Waals surface area contributed by atoms with Crippen LogP contribution in [0.2, 0.25) is 0 Å². The third-order valence-electron chi connectivity index (χ3n) is 7.83. The minimum atomic E-state index is -0.272. The zero-order valence-electron chi connectivity index (χ0n) is 25.1. The first-order valence-electron chi connectivity index (χ1n) is 15.1. The van der Waals surface area contributed by atoms with Crippen LogP contribution in [0.25, 0.3) is 21.1 Å². The van der Waals surface area contributed by atoms with E-state index >= 15 is 0 Å². The van der Waals surface area contributed by atoms with E-state index in [1.54, 1.807) is 22.6 Å². The third kappa shape index (κ3) is 7.63.